The molecule has 0 atom stereocenters. The van der Waals surface area contributed by atoms with Gasteiger partial charge in [0.05, 0.1) is 18.8 Å². The Morgan fingerprint density at radius 1 is 1.26 bits per heavy atom. The molecule has 0 N–H and O–H groups in total. The van der Waals surface area contributed by atoms with Gasteiger partial charge in [-0.05, 0) is 17.7 Å². The lowest BCUT2D eigenvalue weighted by Gasteiger charge is -2.38. The van der Waals surface area contributed by atoms with Gasteiger partial charge in [0.25, 0.3) is 0 Å². The Morgan fingerprint density at radius 2 is 2.04 bits per heavy atom. The van der Waals surface area contributed by atoms with Gasteiger partial charge in [-0.15, -0.1) is 11.8 Å². The number of rotatable bonds is 6. The first-order valence-corrected chi connectivity index (χ1v) is 8.92. The topological polar surface area (TPSA) is 42.4 Å². The van der Waals surface area contributed by atoms with Gasteiger partial charge in [0, 0.05) is 11.9 Å². The normalized spacial score (nSPS) is 14.4. The van der Waals surface area contributed by atoms with Gasteiger partial charge in [-0.1, -0.05) is 41.9 Å². The molecule has 0 spiro atoms. The second-order valence-electron chi connectivity index (χ2n) is 5.31. The predicted octanol–water partition coefficient (Wildman–Crippen LogP) is 3.26. The fourth-order valence-electron chi connectivity index (χ4n) is 2.25. The lowest BCUT2D eigenvalue weighted by atomic mass is 10.2. The number of amides is 1. The van der Waals surface area contributed by atoms with E-state index in [4.69, 9.17) is 16.3 Å². The van der Waals surface area contributed by atoms with Crippen LogP contribution in [0.5, 0.6) is 5.88 Å². The highest BCUT2D eigenvalue weighted by Gasteiger charge is 2.32. The van der Waals surface area contributed by atoms with Crippen LogP contribution in [-0.4, -0.2) is 40.7 Å². The Balaban J connectivity index is 1.37. The van der Waals surface area contributed by atoms with E-state index < -0.39 is 0 Å². The molecule has 0 aliphatic carbocycles. The molecule has 23 heavy (non-hydrogen) atoms. The fraction of sp³-hybridized carbons (Fsp3) is 0.294. The Morgan fingerprint density at radius 3 is 2.78 bits per heavy atom. The van der Waals surface area contributed by atoms with Crippen LogP contribution in [-0.2, 0) is 10.5 Å². The van der Waals surface area contributed by atoms with Crippen LogP contribution in [0, 0.1) is 0 Å². The summed E-state index contributed by atoms with van der Waals surface area (Å²) in [7, 11) is 0. The molecule has 0 bridgehead atoms. The number of benzene rings is 1. The van der Waals surface area contributed by atoms with Gasteiger partial charge >= 0.3 is 0 Å². The standard InChI is InChI=1S/C17H17ClN2O2S/c18-15-7-4-8-19-17(15)22-14-9-20(10-14)16(21)12-23-11-13-5-2-1-3-6-13/h1-8,14H,9-12H2. The minimum atomic E-state index is -0.0227. The minimum absolute atomic E-state index is 0.0227. The van der Waals surface area contributed by atoms with Crippen molar-refractivity contribution in [1.82, 2.24) is 9.88 Å². The van der Waals surface area contributed by atoms with E-state index in [0.29, 0.717) is 29.7 Å². The zero-order valence-corrected chi connectivity index (χ0v) is 14.1. The highest BCUT2D eigenvalue weighted by molar-refractivity contribution is 7.99. The van der Waals surface area contributed by atoms with Gasteiger partial charge in [-0.2, -0.15) is 0 Å². The number of hydrogen-bond acceptors (Lipinski definition) is 4. The minimum Gasteiger partial charge on any atom is -0.470 e. The van der Waals surface area contributed by atoms with Crippen LogP contribution < -0.4 is 4.74 Å². The first-order chi connectivity index (χ1) is 11.2. The van der Waals surface area contributed by atoms with E-state index in [1.165, 1.54) is 5.56 Å². The molecular formula is C17H17ClN2O2S. The average Bonchev–Trinajstić information content (AvgIpc) is 2.53. The van der Waals surface area contributed by atoms with Gasteiger partial charge in [0.15, 0.2) is 0 Å². The van der Waals surface area contributed by atoms with E-state index in [1.54, 1.807) is 35.0 Å². The largest absolute Gasteiger partial charge is 0.470 e. The molecule has 3 rings (SSSR count). The second kappa shape index (κ2) is 7.70. The van der Waals surface area contributed by atoms with Crippen molar-refractivity contribution in [3.05, 3.63) is 59.2 Å². The second-order valence-corrected chi connectivity index (χ2v) is 6.70. The van der Waals surface area contributed by atoms with Gasteiger partial charge < -0.3 is 9.64 Å². The summed E-state index contributed by atoms with van der Waals surface area (Å²) in [6, 6.07) is 13.7. The van der Waals surface area contributed by atoms with Gasteiger partial charge in [-0.25, -0.2) is 4.98 Å². The van der Waals surface area contributed by atoms with Crippen LogP contribution in [0.15, 0.2) is 48.7 Å². The van der Waals surface area contributed by atoms with E-state index >= 15 is 0 Å². The number of carbonyl (C=O) groups is 1. The predicted molar refractivity (Wildman–Crippen MR) is 92.8 cm³/mol. The number of ether oxygens (including phenoxy) is 1. The maximum absolute atomic E-state index is 12.1. The molecule has 1 amide bonds. The average molecular weight is 349 g/mol. The Hall–Kier alpha value is -1.72. The number of nitrogens with zero attached hydrogens (tertiary/aromatic N) is 2. The molecule has 2 aromatic rings. The molecule has 1 aromatic heterocycles. The SMILES string of the molecule is O=C(CSCc1ccccc1)N1CC(Oc2ncccc2Cl)C1. The third-order valence-corrected chi connectivity index (χ3v) is 4.82. The van der Waals surface area contributed by atoms with Crippen molar-refractivity contribution in [1.29, 1.82) is 0 Å². The summed E-state index contributed by atoms with van der Waals surface area (Å²) in [5.74, 6) is 1.93. The van der Waals surface area contributed by atoms with Crippen molar-refractivity contribution >= 4 is 29.3 Å². The Kier molecular flexibility index (Phi) is 5.41. The summed E-state index contributed by atoms with van der Waals surface area (Å²) >= 11 is 7.64. The number of hydrogen-bond donors (Lipinski definition) is 0. The number of thioether (sulfide) groups is 1. The molecule has 1 saturated heterocycles. The molecule has 1 fully saturated rings. The molecule has 0 saturated carbocycles. The summed E-state index contributed by atoms with van der Waals surface area (Å²) in [5, 5.41) is 0.496. The van der Waals surface area contributed by atoms with Crippen LogP contribution in [0.4, 0.5) is 0 Å². The summed E-state index contributed by atoms with van der Waals surface area (Å²) in [4.78, 5) is 18.0. The number of likely N-dealkylation sites (tertiary alicyclic amines) is 1. The summed E-state index contributed by atoms with van der Waals surface area (Å²) < 4.78 is 5.69. The Bertz CT molecular complexity index is 663. The van der Waals surface area contributed by atoms with Crippen LogP contribution in [0.2, 0.25) is 5.02 Å². The number of carbonyl (C=O) groups excluding carboxylic acids is 1. The number of pyridine rings is 1. The molecule has 1 aliphatic heterocycles. The van der Waals surface area contributed by atoms with Crippen LogP contribution in [0.1, 0.15) is 5.56 Å². The number of aromatic nitrogens is 1. The summed E-state index contributed by atoms with van der Waals surface area (Å²) in [6.45, 7) is 1.19. The van der Waals surface area contributed by atoms with Gasteiger partial charge in [0.2, 0.25) is 11.8 Å². The molecular weight excluding hydrogens is 332 g/mol. The lowest BCUT2D eigenvalue weighted by Crippen LogP contribution is -2.56. The molecule has 120 valence electrons. The van der Waals surface area contributed by atoms with Crippen molar-refractivity contribution in [3.8, 4) is 5.88 Å². The van der Waals surface area contributed by atoms with Crippen LogP contribution >= 0.6 is 23.4 Å². The third kappa shape index (κ3) is 4.39. The number of halogens is 1. The van der Waals surface area contributed by atoms with Crippen LogP contribution in [0.3, 0.4) is 0 Å². The molecule has 6 heteroatoms. The molecule has 1 aliphatic rings. The molecule has 4 nitrogen and oxygen atoms in total. The van der Waals surface area contributed by atoms with E-state index in [9.17, 15) is 4.79 Å². The van der Waals surface area contributed by atoms with E-state index in [-0.39, 0.29) is 12.0 Å². The zero-order valence-electron chi connectivity index (χ0n) is 12.5. The smallest absolute Gasteiger partial charge is 0.232 e. The lowest BCUT2D eigenvalue weighted by molar-refractivity contribution is -0.137. The van der Waals surface area contributed by atoms with E-state index in [1.807, 2.05) is 18.2 Å². The van der Waals surface area contributed by atoms with Crippen molar-refractivity contribution in [2.75, 3.05) is 18.8 Å². The van der Waals surface area contributed by atoms with Crippen molar-refractivity contribution in [3.63, 3.8) is 0 Å². The zero-order chi connectivity index (χ0) is 16.1. The molecule has 0 unspecified atom stereocenters. The van der Waals surface area contributed by atoms with Crippen molar-refractivity contribution < 1.29 is 9.53 Å². The van der Waals surface area contributed by atoms with Crippen molar-refractivity contribution in [2.45, 2.75) is 11.9 Å². The third-order valence-electron chi connectivity index (χ3n) is 3.54. The maximum atomic E-state index is 12.1. The fourth-order valence-corrected chi connectivity index (χ4v) is 3.31. The molecule has 0 radical (unpaired) electrons. The quantitative estimate of drug-likeness (QED) is 0.803. The van der Waals surface area contributed by atoms with Crippen LogP contribution in [0.25, 0.3) is 0 Å². The van der Waals surface area contributed by atoms with Crippen molar-refractivity contribution in [2.24, 2.45) is 0 Å². The molecule has 2 heterocycles. The Labute approximate surface area is 144 Å². The van der Waals surface area contributed by atoms with Gasteiger partial charge in [0.1, 0.15) is 11.1 Å². The molecule has 1 aromatic carbocycles. The summed E-state index contributed by atoms with van der Waals surface area (Å²) in [5.41, 5.74) is 1.24. The summed E-state index contributed by atoms with van der Waals surface area (Å²) in [6.07, 6.45) is 1.62. The first-order valence-electron chi connectivity index (χ1n) is 7.39. The van der Waals surface area contributed by atoms with Gasteiger partial charge in [-0.3, -0.25) is 4.79 Å². The van der Waals surface area contributed by atoms with E-state index in [2.05, 4.69) is 17.1 Å². The highest BCUT2D eigenvalue weighted by Crippen LogP contribution is 2.24. The first kappa shape index (κ1) is 16.1. The van der Waals surface area contributed by atoms with E-state index in [0.717, 1.165) is 5.75 Å². The maximum Gasteiger partial charge on any atom is 0.232 e. The highest BCUT2D eigenvalue weighted by atomic mass is 35.5. The monoisotopic (exact) mass is 348 g/mol.